The average Bonchev–Trinajstić information content (AvgIpc) is 3.03. The second-order valence-corrected chi connectivity index (χ2v) is 19.1. The molecule has 0 saturated carbocycles. The molecule has 254 valence electrons. The second-order valence-electron chi connectivity index (χ2n) is 14.9. The first kappa shape index (κ1) is 38.1. The third-order valence-corrected chi connectivity index (χ3v) is 14.5. The first-order valence-corrected chi connectivity index (χ1v) is 19.7. The van der Waals surface area contributed by atoms with Gasteiger partial charge in [0.25, 0.3) is 8.32 Å². The van der Waals surface area contributed by atoms with Crippen LogP contribution in [0.25, 0.3) is 0 Å². The smallest absolute Gasteiger partial charge is 0.261 e. The molecule has 0 spiro atoms. The Balaban J connectivity index is 1.84. The second kappa shape index (κ2) is 18.9. The fourth-order valence-corrected chi connectivity index (χ4v) is 11.3. The van der Waals surface area contributed by atoms with Crippen molar-refractivity contribution in [2.45, 2.75) is 131 Å². The Bertz CT molecular complexity index is 1180. The van der Waals surface area contributed by atoms with E-state index in [4.69, 9.17) is 13.9 Å². The molecule has 3 rings (SSSR count). The number of benzene rings is 2. The fraction of sp³-hybridized carbons (Fsp3) is 0.585. The molecule has 1 aliphatic heterocycles. The molecule has 5 heteroatoms. The van der Waals surface area contributed by atoms with Gasteiger partial charge in [-0.2, -0.15) is 0 Å². The number of carbonyl (C=O) groups is 1. The molecule has 1 saturated heterocycles. The monoisotopic (exact) mass is 646 g/mol. The van der Waals surface area contributed by atoms with Crippen molar-refractivity contribution < 1.29 is 18.7 Å². The Morgan fingerprint density at radius 2 is 1.54 bits per heavy atom. The number of ketones is 1. The summed E-state index contributed by atoms with van der Waals surface area (Å²) in [5, 5.41) is 2.56. The summed E-state index contributed by atoms with van der Waals surface area (Å²) < 4.78 is 19.6. The summed E-state index contributed by atoms with van der Waals surface area (Å²) in [5.41, 5.74) is 2.62. The van der Waals surface area contributed by atoms with Crippen molar-refractivity contribution in [3.05, 3.63) is 84.0 Å². The van der Waals surface area contributed by atoms with Gasteiger partial charge in [-0.15, -0.1) is 0 Å². The van der Waals surface area contributed by atoms with Crippen LogP contribution in [0.1, 0.15) is 113 Å². The minimum atomic E-state index is -2.71. The molecular formula is C41H62O4Si. The molecule has 3 atom stereocenters. The highest BCUT2D eigenvalue weighted by molar-refractivity contribution is 6.99. The summed E-state index contributed by atoms with van der Waals surface area (Å²) in [6.07, 6.45) is 13.3. The molecule has 0 N–H and O–H groups in total. The van der Waals surface area contributed by atoms with Gasteiger partial charge in [0.05, 0.1) is 6.61 Å². The van der Waals surface area contributed by atoms with Crippen molar-refractivity contribution in [1.29, 1.82) is 0 Å². The molecule has 2 aromatic rings. The van der Waals surface area contributed by atoms with E-state index in [0.717, 1.165) is 51.6 Å². The van der Waals surface area contributed by atoms with Gasteiger partial charge in [0, 0.05) is 25.0 Å². The van der Waals surface area contributed by atoms with Crippen LogP contribution in [0.2, 0.25) is 5.04 Å². The van der Waals surface area contributed by atoms with Gasteiger partial charge in [-0.25, -0.2) is 0 Å². The Labute approximate surface area is 282 Å². The molecule has 0 aliphatic carbocycles. The Morgan fingerprint density at radius 3 is 2.09 bits per heavy atom. The van der Waals surface area contributed by atoms with E-state index in [2.05, 4.69) is 114 Å². The SMILES string of the molecule is CC(=CCC[C@H](C)CC(CC(C)=CCOC1CCCCO1)O[Si](c1ccccc1)(c1ccccc1)C(C)(C)C)CCC(=O)C(C)C. The molecule has 1 aliphatic rings. The molecule has 0 amide bonds. The normalized spacial score (nSPS) is 18.1. The standard InChI is InChI=1S/C41H62O4Si/c1-32(2)39(42)26-25-33(3)18-17-19-34(4)30-36(31-35(5)27-29-44-40-24-15-16-28-43-40)45-46(41(6,7)8,37-20-11-9-12-21-37)38-22-13-10-14-23-38/h9-14,18,20-23,27,32,34,36,40H,15-17,19,24-26,28-31H2,1-8H3/t34-,36?,40?/m0/s1. The van der Waals surface area contributed by atoms with Crippen LogP contribution in [-0.4, -0.2) is 39.7 Å². The molecule has 2 unspecified atom stereocenters. The van der Waals surface area contributed by atoms with Crippen LogP contribution in [-0.2, 0) is 18.7 Å². The average molecular weight is 647 g/mol. The van der Waals surface area contributed by atoms with Gasteiger partial charge in [0.15, 0.2) is 6.29 Å². The van der Waals surface area contributed by atoms with E-state index in [1.54, 1.807) is 0 Å². The van der Waals surface area contributed by atoms with Crippen molar-refractivity contribution in [1.82, 2.24) is 0 Å². The molecule has 0 aromatic heterocycles. The van der Waals surface area contributed by atoms with E-state index < -0.39 is 8.32 Å². The summed E-state index contributed by atoms with van der Waals surface area (Å²) in [6, 6.07) is 22.0. The molecule has 1 heterocycles. The number of hydrogen-bond acceptors (Lipinski definition) is 4. The molecule has 2 aromatic carbocycles. The van der Waals surface area contributed by atoms with Crippen LogP contribution in [0.15, 0.2) is 84.0 Å². The van der Waals surface area contributed by atoms with Gasteiger partial charge in [-0.3, -0.25) is 4.79 Å². The predicted octanol–water partition coefficient (Wildman–Crippen LogP) is 9.57. The quantitative estimate of drug-likeness (QED) is 0.120. The largest absolute Gasteiger partial charge is 0.404 e. The number of allylic oxidation sites excluding steroid dienone is 2. The third kappa shape index (κ3) is 11.7. The van der Waals surface area contributed by atoms with E-state index in [1.165, 1.54) is 27.9 Å². The summed E-state index contributed by atoms with van der Waals surface area (Å²) in [6.45, 7) is 19.2. The summed E-state index contributed by atoms with van der Waals surface area (Å²) in [7, 11) is -2.71. The predicted molar refractivity (Wildman–Crippen MR) is 196 cm³/mol. The molecule has 0 bridgehead atoms. The maximum Gasteiger partial charge on any atom is 0.261 e. The molecule has 1 fully saturated rings. The zero-order chi connectivity index (χ0) is 33.6. The Hall–Kier alpha value is -2.31. The highest BCUT2D eigenvalue weighted by Crippen LogP contribution is 2.39. The summed E-state index contributed by atoms with van der Waals surface area (Å²) in [4.78, 5) is 12.1. The van der Waals surface area contributed by atoms with Crippen molar-refractivity contribution in [3.8, 4) is 0 Å². The maximum absolute atomic E-state index is 12.1. The van der Waals surface area contributed by atoms with E-state index >= 15 is 0 Å². The van der Waals surface area contributed by atoms with Gasteiger partial charge in [-0.1, -0.05) is 126 Å². The van der Waals surface area contributed by atoms with Crippen molar-refractivity contribution in [3.63, 3.8) is 0 Å². The first-order chi connectivity index (χ1) is 21.9. The summed E-state index contributed by atoms with van der Waals surface area (Å²) >= 11 is 0. The van der Waals surface area contributed by atoms with Gasteiger partial charge < -0.3 is 13.9 Å². The zero-order valence-electron chi connectivity index (χ0n) is 30.1. The van der Waals surface area contributed by atoms with Crippen LogP contribution in [0.4, 0.5) is 0 Å². The van der Waals surface area contributed by atoms with Crippen LogP contribution >= 0.6 is 0 Å². The Morgan fingerprint density at radius 1 is 0.913 bits per heavy atom. The molecule has 0 radical (unpaired) electrons. The van der Waals surface area contributed by atoms with Gasteiger partial charge >= 0.3 is 0 Å². The number of carbonyl (C=O) groups excluding carboxylic acids is 1. The van der Waals surface area contributed by atoms with Gasteiger partial charge in [0.1, 0.15) is 5.78 Å². The lowest BCUT2D eigenvalue weighted by Gasteiger charge is -2.45. The van der Waals surface area contributed by atoms with Crippen LogP contribution in [0.3, 0.4) is 0 Å². The number of Topliss-reactive ketones (excluding diaryl/α,β-unsaturated/α-hetero) is 1. The van der Waals surface area contributed by atoms with Crippen molar-refractivity contribution in [2.75, 3.05) is 13.2 Å². The lowest BCUT2D eigenvalue weighted by atomic mass is 9.94. The molecular weight excluding hydrogens is 585 g/mol. The van der Waals surface area contributed by atoms with E-state index in [1.807, 2.05) is 13.8 Å². The third-order valence-electron chi connectivity index (χ3n) is 9.39. The topological polar surface area (TPSA) is 44.8 Å². The number of hydrogen-bond donors (Lipinski definition) is 0. The van der Waals surface area contributed by atoms with Crippen molar-refractivity contribution >= 4 is 24.5 Å². The first-order valence-electron chi connectivity index (χ1n) is 17.8. The van der Waals surface area contributed by atoms with Crippen LogP contribution < -0.4 is 10.4 Å². The highest BCUT2D eigenvalue weighted by Gasteiger charge is 2.51. The van der Waals surface area contributed by atoms with E-state index in [9.17, 15) is 4.79 Å². The lowest BCUT2D eigenvalue weighted by molar-refractivity contribution is -0.155. The number of rotatable bonds is 18. The fourth-order valence-electron chi connectivity index (χ4n) is 6.59. The molecule has 46 heavy (non-hydrogen) atoms. The molecule has 4 nitrogen and oxygen atoms in total. The van der Waals surface area contributed by atoms with E-state index in [0.29, 0.717) is 24.7 Å². The lowest BCUT2D eigenvalue weighted by Crippen LogP contribution is -2.67. The highest BCUT2D eigenvalue weighted by atomic mass is 28.4. The minimum Gasteiger partial charge on any atom is -0.404 e. The van der Waals surface area contributed by atoms with Crippen molar-refractivity contribution in [2.24, 2.45) is 11.8 Å². The maximum atomic E-state index is 12.1. The van der Waals surface area contributed by atoms with Crippen LogP contribution in [0, 0.1) is 11.8 Å². The van der Waals surface area contributed by atoms with E-state index in [-0.39, 0.29) is 23.4 Å². The number of ether oxygens (including phenoxy) is 2. The minimum absolute atomic E-state index is 0.0669. The Kier molecular flexibility index (Phi) is 15.7. The van der Waals surface area contributed by atoms with Gasteiger partial charge in [0.2, 0.25) is 0 Å². The van der Waals surface area contributed by atoms with Gasteiger partial charge in [-0.05, 0) is 86.5 Å². The summed E-state index contributed by atoms with van der Waals surface area (Å²) in [5.74, 6) is 0.957. The van der Waals surface area contributed by atoms with Crippen LogP contribution in [0.5, 0.6) is 0 Å². The zero-order valence-corrected chi connectivity index (χ0v) is 31.1.